The van der Waals surface area contributed by atoms with Crippen LogP contribution in [-0.4, -0.2) is 38.2 Å². The largest absolute Gasteiger partial charge is 0.507 e. The van der Waals surface area contributed by atoms with Crippen LogP contribution in [0.15, 0.2) is 24.3 Å². The van der Waals surface area contributed by atoms with Crippen molar-refractivity contribution >= 4 is 17.5 Å². The number of carbonyl (C=O) groups excluding carboxylic acids is 2. The second kappa shape index (κ2) is 6.44. The number of carbonyl (C=O) groups is 2. The fourth-order valence-corrected chi connectivity index (χ4v) is 1.36. The van der Waals surface area contributed by atoms with E-state index in [0.29, 0.717) is 17.1 Å². The lowest BCUT2D eigenvalue weighted by atomic mass is 10.1. The summed E-state index contributed by atoms with van der Waals surface area (Å²) in [7, 11) is 4.01. The zero-order valence-electron chi connectivity index (χ0n) is 10.8. The first-order valence-electron chi connectivity index (χ1n) is 5.28. The highest BCUT2D eigenvalue weighted by atomic mass is 16.5. The van der Waals surface area contributed by atoms with Crippen LogP contribution in [0, 0.1) is 0 Å². The first-order valence-corrected chi connectivity index (χ1v) is 5.28. The van der Waals surface area contributed by atoms with Crippen molar-refractivity contribution in [3.05, 3.63) is 29.8 Å². The molecular formula is C13H14O6. The highest BCUT2D eigenvalue weighted by Gasteiger charge is 2.14. The molecule has 1 rings (SSSR count). The Labute approximate surface area is 110 Å². The average molecular weight is 266 g/mol. The molecule has 0 amide bonds. The van der Waals surface area contributed by atoms with E-state index in [1.807, 2.05) is 0 Å². The van der Waals surface area contributed by atoms with Crippen LogP contribution in [0.2, 0.25) is 0 Å². The maximum Gasteiger partial charge on any atom is 0.378 e. The molecule has 0 aliphatic heterocycles. The molecule has 0 saturated heterocycles. The summed E-state index contributed by atoms with van der Waals surface area (Å²) in [6.07, 6.45) is 0.785. The highest BCUT2D eigenvalue weighted by Crippen LogP contribution is 2.29. The molecule has 19 heavy (non-hydrogen) atoms. The van der Waals surface area contributed by atoms with Crippen molar-refractivity contribution < 1.29 is 28.9 Å². The molecule has 0 aromatic heterocycles. The Morgan fingerprint density at radius 3 is 2.26 bits per heavy atom. The number of rotatable bonds is 5. The first-order chi connectivity index (χ1) is 9.03. The topological polar surface area (TPSA) is 82.1 Å². The van der Waals surface area contributed by atoms with E-state index in [4.69, 9.17) is 9.47 Å². The molecule has 1 aromatic rings. The van der Waals surface area contributed by atoms with E-state index in [2.05, 4.69) is 4.74 Å². The molecule has 0 aliphatic carbocycles. The Morgan fingerprint density at radius 2 is 1.74 bits per heavy atom. The number of esters is 1. The normalized spacial score (nSPS) is 10.8. The molecule has 0 fully saturated rings. The molecule has 102 valence electrons. The summed E-state index contributed by atoms with van der Waals surface area (Å²) in [5.41, 5.74) is 0.315. The lowest BCUT2D eigenvalue weighted by molar-refractivity contribution is -0.149. The van der Waals surface area contributed by atoms with Gasteiger partial charge in [0, 0.05) is 11.6 Å². The van der Waals surface area contributed by atoms with Crippen LogP contribution in [0.1, 0.15) is 5.56 Å². The number of ketones is 1. The molecule has 0 radical (unpaired) electrons. The zero-order valence-corrected chi connectivity index (χ0v) is 10.8. The molecule has 0 spiro atoms. The van der Waals surface area contributed by atoms with Gasteiger partial charge in [-0.25, -0.2) is 4.79 Å². The Kier molecular flexibility index (Phi) is 4.93. The number of aliphatic hydroxyl groups is 1. The number of ether oxygens (including phenoxy) is 3. The molecule has 1 N–H and O–H groups in total. The predicted molar refractivity (Wildman–Crippen MR) is 67.2 cm³/mol. The minimum absolute atomic E-state index is 0.315. The van der Waals surface area contributed by atoms with E-state index in [1.165, 1.54) is 26.4 Å². The van der Waals surface area contributed by atoms with Crippen molar-refractivity contribution in [2.75, 3.05) is 21.3 Å². The molecule has 0 bridgehead atoms. The molecule has 0 heterocycles. The third-order valence-corrected chi connectivity index (χ3v) is 2.33. The number of benzene rings is 1. The average Bonchev–Trinajstić information content (AvgIpc) is 2.45. The van der Waals surface area contributed by atoms with E-state index in [9.17, 15) is 14.7 Å². The van der Waals surface area contributed by atoms with Gasteiger partial charge in [-0.05, 0) is 18.2 Å². The van der Waals surface area contributed by atoms with Crippen LogP contribution >= 0.6 is 0 Å². The summed E-state index contributed by atoms with van der Waals surface area (Å²) in [5.74, 6) is -1.48. The summed E-state index contributed by atoms with van der Waals surface area (Å²) in [6.45, 7) is 0. The monoisotopic (exact) mass is 266 g/mol. The van der Waals surface area contributed by atoms with Crippen LogP contribution in [0.5, 0.6) is 11.5 Å². The van der Waals surface area contributed by atoms with E-state index >= 15 is 0 Å². The van der Waals surface area contributed by atoms with Crippen LogP contribution in [-0.2, 0) is 14.3 Å². The minimum Gasteiger partial charge on any atom is -0.507 e. The molecule has 0 saturated carbocycles. The fraction of sp³-hybridized carbons (Fsp3) is 0.231. The standard InChI is InChI=1S/C13H14O6/c1-17-11-5-4-8(6-12(11)18-2)9(14)7-10(15)13(16)19-3/h4-7,14H,1-3H3. The summed E-state index contributed by atoms with van der Waals surface area (Å²) in [6, 6.07) is 4.58. The fourth-order valence-electron chi connectivity index (χ4n) is 1.36. The van der Waals surface area contributed by atoms with E-state index in [1.54, 1.807) is 6.07 Å². The lowest BCUT2D eigenvalue weighted by Gasteiger charge is -2.09. The van der Waals surface area contributed by atoms with Crippen molar-refractivity contribution in [1.29, 1.82) is 0 Å². The van der Waals surface area contributed by atoms with Gasteiger partial charge in [-0.3, -0.25) is 4.79 Å². The van der Waals surface area contributed by atoms with Gasteiger partial charge in [0.05, 0.1) is 21.3 Å². The number of aliphatic hydroxyl groups excluding tert-OH is 1. The quantitative estimate of drug-likeness (QED) is 0.375. The maximum absolute atomic E-state index is 11.3. The Balaban J connectivity index is 3.06. The molecule has 0 aliphatic rings. The van der Waals surface area contributed by atoms with Crippen molar-refractivity contribution in [3.8, 4) is 11.5 Å². The van der Waals surface area contributed by atoms with E-state index < -0.39 is 11.8 Å². The highest BCUT2D eigenvalue weighted by molar-refractivity contribution is 6.39. The Bertz CT molecular complexity index is 518. The van der Waals surface area contributed by atoms with Crippen molar-refractivity contribution in [2.45, 2.75) is 0 Å². The second-order valence-electron chi connectivity index (χ2n) is 3.46. The first kappa shape index (κ1) is 14.6. The third-order valence-electron chi connectivity index (χ3n) is 2.33. The van der Waals surface area contributed by atoms with Gasteiger partial charge in [0.15, 0.2) is 11.5 Å². The SMILES string of the molecule is COC(=O)C(=O)C=C(O)c1ccc(OC)c(OC)c1. The van der Waals surface area contributed by atoms with Gasteiger partial charge in [0.1, 0.15) is 5.76 Å². The van der Waals surface area contributed by atoms with E-state index in [-0.39, 0.29) is 5.76 Å². The molecule has 1 aromatic carbocycles. The van der Waals surface area contributed by atoms with Gasteiger partial charge < -0.3 is 19.3 Å². The van der Waals surface area contributed by atoms with Gasteiger partial charge in [0.2, 0.25) is 0 Å². The number of methoxy groups -OCH3 is 3. The Hall–Kier alpha value is -2.50. The van der Waals surface area contributed by atoms with Gasteiger partial charge in [-0.2, -0.15) is 0 Å². The number of hydrogen-bond donors (Lipinski definition) is 1. The van der Waals surface area contributed by atoms with Gasteiger partial charge in [-0.15, -0.1) is 0 Å². The van der Waals surface area contributed by atoms with Crippen LogP contribution < -0.4 is 9.47 Å². The van der Waals surface area contributed by atoms with Crippen LogP contribution in [0.3, 0.4) is 0 Å². The maximum atomic E-state index is 11.3. The van der Waals surface area contributed by atoms with Crippen LogP contribution in [0.4, 0.5) is 0 Å². The van der Waals surface area contributed by atoms with Gasteiger partial charge >= 0.3 is 5.97 Å². The van der Waals surface area contributed by atoms with Gasteiger partial charge in [-0.1, -0.05) is 0 Å². The molecule has 6 heteroatoms. The molecule has 6 nitrogen and oxygen atoms in total. The summed E-state index contributed by atoms with van der Waals surface area (Å²) < 4.78 is 14.3. The molecular weight excluding hydrogens is 252 g/mol. The summed E-state index contributed by atoms with van der Waals surface area (Å²) in [5, 5.41) is 9.76. The molecule has 0 atom stereocenters. The lowest BCUT2D eigenvalue weighted by Crippen LogP contribution is -2.13. The Morgan fingerprint density at radius 1 is 1.11 bits per heavy atom. The van der Waals surface area contributed by atoms with E-state index in [0.717, 1.165) is 13.2 Å². The number of hydrogen-bond acceptors (Lipinski definition) is 6. The summed E-state index contributed by atoms with van der Waals surface area (Å²) in [4.78, 5) is 22.2. The van der Waals surface area contributed by atoms with Crippen molar-refractivity contribution in [3.63, 3.8) is 0 Å². The second-order valence-corrected chi connectivity index (χ2v) is 3.46. The minimum atomic E-state index is -1.05. The van der Waals surface area contributed by atoms with Crippen molar-refractivity contribution in [1.82, 2.24) is 0 Å². The smallest absolute Gasteiger partial charge is 0.378 e. The van der Waals surface area contributed by atoms with Gasteiger partial charge in [0.25, 0.3) is 5.78 Å². The predicted octanol–water partition coefficient (Wildman–Crippen LogP) is 1.34. The summed E-state index contributed by atoms with van der Waals surface area (Å²) >= 11 is 0. The van der Waals surface area contributed by atoms with Crippen molar-refractivity contribution in [2.24, 2.45) is 0 Å². The van der Waals surface area contributed by atoms with Crippen LogP contribution in [0.25, 0.3) is 5.76 Å². The molecule has 0 unspecified atom stereocenters. The zero-order chi connectivity index (χ0) is 14.4. The third kappa shape index (κ3) is 3.48.